The molecule has 0 N–H and O–H groups in total. The molecule has 0 atom stereocenters. The third-order valence-corrected chi connectivity index (χ3v) is 16.0. The Labute approximate surface area is 81.2 Å². The summed E-state index contributed by atoms with van der Waals surface area (Å²) in [5.74, 6) is 0. The van der Waals surface area contributed by atoms with E-state index >= 15 is 0 Å². The molecule has 0 aromatic heterocycles. The molecule has 0 saturated heterocycles. The van der Waals surface area contributed by atoms with Gasteiger partial charge >= 0.3 is 0 Å². The van der Waals surface area contributed by atoms with Gasteiger partial charge in [0.1, 0.15) is 0 Å². The quantitative estimate of drug-likeness (QED) is 0.520. The molecule has 0 aromatic rings. The lowest BCUT2D eigenvalue weighted by atomic mass is 11.7. The van der Waals surface area contributed by atoms with Crippen LogP contribution in [0.15, 0.2) is 0 Å². The summed E-state index contributed by atoms with van der Waals surface area (Å²) in [4.78, 5) is 0.856. The molecule has 0 spiro atoms. The van der Waals surface area contributed by atoms with Crippen LogP contribution in [0.5, 0.6) is 0 Å². The van der Waals surface area contributed by atoms with E-state index in [9.17, 15) is 0 Å². The van der Waals surface area contributed by atoms with Gasteiger partial charge in [0.25, 0.3) is 0 Å². The molecule has 0 amide bonds. The van der Waals surface area contributed by atoms with Crippen molar-refractivity contribution in [2.24, 2.45) is 0 Å². The molecule has 1 nitrogen and oxygen atoms in total. The minimum absolute atomic E-state index is 0.856. The summed E-state index contributed by atoms with van der Waals surface area (Å²) < 4.78 is 5.30. The van der Waals surface area contributed by atoms with Crippen molar-refractivity contribution >= 4 is 25.0 Å². The molecule has 0 radical (unpaired) electrons. The van der Waals surface area contributed by atoms with Gasteiger partial charge < -0.3 is 13.3 Å². The standard InChI is InChI=1S/C8H22OPSi2/c1-9-10-8(11(2,3)4)12(5,6)7/h8H,1-7H3/q-1. The van der Waals surface area contributed by atoms with E-state index in [1.807, 2.05) is 7.11 Å². The highest BCUT2D eigenvalue weighted by atomic mass is 31.1. The molecule has 12 heavy (non-hydrogen) atoms. The second-order valence-corrected chi connectivity index (χ2v) is 18.7. The lowest BCUT2D eigenvalue weighted by Crippen LogP contribution is -2.51. The van der Waals surface area contributed by atoms with E-state index < -0.39 is 16.1 Å². The number of hydrogen-bond acceptors (Lipinski definition) is 1. The Bertz CT molecular complexity index is 123. The van der Waals surface area contributed by atoms with Crippen LogP contribution in [0.25, 0.3) is 0 Å². The Morgan fingerprint density at radius 2 is 1.25 bits per heavy atom. The fourth-order valence-corrected chi connectivity index (χ4v) is 15.5. The zero-order valence-electron chi connectivity index (χ0n) is 9.43. The Morgan fingerprint density at radius 1 is 0.917 bits per heavy atom. The summed E-state index contributed by atoms with van der Waals surface area (Å²) in [6.07, 6.45) is 0. The highest BCUT2D eigenvalue weighted by Gasteiger charge is 2.29. The van der Waals surface area contributed by atoms with Crippen molar-refractivity contribution in [1.29, 1.82) is 0 Å². The largest absolute Gasteiger partial charge is 0.560 e. The Kier molecular flexibility index (Phi) is 4.66. The van der Waals surface area contributed by atoms with Crippen molar-refractivity contribution in [3.8, 4) is 0 Å². The third kappa shape index (κ3) is 4.17. The molecular formula is C8H22OPSi2-. The summed E-state index contributed by atoms with van der Waals surface area (Å²) in [5.41, 5.74) is 0. The van der Waals surface area contributed by atoms with Gasteiger partial charge in [-0.2, -0.15) is 4.91 Å². The fraction of sp³-hybridized carbons (Fsp3) is 1.00. The lowest BCUT2D eigenvalue weighted by Gasteiger charge is -2.47. The van der Waals surface area contributed by atoms with Crippen molar-refractivity contribution in [3.05, 3.63) is 0 Å². The number of hydrogen-bond donors (Lipinski definition) is 0. The van der Waals surface area contributed by atoms with Crippen molar-refractivity contribution in [2.45, 2.75) is 44.2 Å². The van der Waals surface area contributed by atoms with Gasteiger partial charge in [0.15, 0.2) is 0 Å². The molecule has 0 fully saturated rings. The third-order valence-electron chi connectivity index (χ3n) is 1.85. The SMILES string of the molecule is CO[P-]C([Si](C)(C)C)[Si](C)(C)C. The Balaban J connectivity index is 4.45. The molecule has 0 bridgehead atoms. The Hall–Kier alpha value is 0.824. The second kappa shape index (κ2) is 4.36. The van der Waals surface area contributed by atoms with Crippen molar-refractivity contribution < 1.29 is 4.52 Å². The topological polar surface area (TPSA) is 9.23 Å². The van der Waals surface area contributed by atoms with Crippen molar-refractivity contribution in [3.63, 3.8) is 0 Å². The number of rotatable bonds is 4. The van der Waals surface area contributed by atoms with Gasteiger partial charge in [-0.05, 0) is 7.11 Å². The van der Waals surface area contributed by atoms with E-state index in [1.54, 1.807) is 0 Å². The zero-order valence-corrected chi connectivity index (χ0v) is 12.3. The first-order valence-corrected chi connectivity index (χ1v) is 12.5. The minimum atomic E-state index is -1.02. The van der Waals surface area contributed by atoms with E-state index in [0.717, 1.165) is 4.91 Å². The van der Waals surface area contributed by atoms with Crippen molar-refractivity contribution in [1.82, 2.24) is 0 Å². The lowest BCUT2D eigenvalue weighted by molar-refractivity contribution is 0.476. The molecule has 0 aromatic carbocycles. The van der Waals surface area contributed by atoms with Gasteiger partial charge in [0.2, 0.25) is 0 Å². The molecule has 0 aliphatic rings. The van der Waals surface area contributed by atoms with Gasteiger partial charge in [0, 0.05) is 16.1 Å². The molecular weight excluding hydrogens is 199 g/mol. The monoisotopic (exact) mass is 221 g/mol. The molecule has 74 valence electrons. The first kappa shape index (κ1) is 12.8. The summed E-state index contributed by atoms with van der Waals surface area (Å²) in [6, 6.07) is 0. The minimum Gasteiger partial charge on any atom is -0.560 e. The van der Waals surface area contributed by atoms with Crippen LogP contribution in [-0.2, 0) is 4.52 Å². The van der Waals surface area contributed by atoms with Crippen LogP contribution >= 0.6 is 8.81 Å². The van der Waals surface area contributed by atoms with Crippen LogP contribution in [0.3, 0.4) is 0 Å². The van der Waals surface area contributed by atoms with Gasteiger partial charge in [-0.15, -0.1) is 0 Å². The second-order valence-electron chi connectivity index (χ2n) is 5.42. The van der Waals surface area contributed by atoms with Crippen molar-refractivity contribution in [2.75, 3.05) is 7.11 Å². The van der Waals surface area contributed by atoms with Crippen LogP contribution in [0.4, 0.5) is 0 Å². The van der Waals surface area contributed by atoms with Crippen LogP contribution in [0, 0.1) is 0 Å². The average Bonchev–Trinajstić information content (AvgIpc) is 1.77. The van der Waals surface area contributed by atoms with E-state index in [1.165, 1.54) is 8.81 Å². The molecule has 0 aliphatic heterocycles. The summed E-state index contributed by atoms with van der Waals surface area (Å²) in [5, 5.41) is 0. The average molecular weight is 221 g/mol. The molecule has 0 heterocycles. The molecule has 0 unspecified atom stereocenters. The predicted octanol–water partition coefficient (Wildman–Crippen LogP) is 3.62. The fourth-order valence-electron chi connectivity index (χ4n) is 1.72. The summed E-state index contributed by atoms with van der Waals surface area (Å²) in [6.45, 7) is 14.7. The normalized spacial score (nSPS) is 15.0. The summed E-state index contributed by atoms with van der Waals surface area (Å²) in [7, 11) is 1.00. The smallest absolute Gasteiger partial charge is 0.0186 e. The molecule has 0 aliphatic carbocycles. The molecule has 0 saturated carbocycles. The molecule has 0 rings (SSSR count). The van der Waals surface area contributed by atoms with Gasteiger partial charge in [-0.3, -0.25) is 0 Å². The maximum absolute atomic E-state index is 5.30. The zero-order chi connectivity index (χ0) is 9.99. The predicted molar refractivity (Wildman–Crippen MR) is 64.4 cm³/mol. The van der Waals surface area contributed by atoms with Crippen LogP contribution < -0.4 is 0 Å². The van der Waals surface area contributed by atoms with Crippen LogP contribution in [0.2, 0.25) is 39.3 Å². The molecule has 4 heteroatoms. The highest BCUT2D eigenvalue weighted by molar-refractivity contribution is 7.44. The summed E-state index contributed by atoms with van der Waals surface area (Å²) >= 11 is 0. The van der Waals surface area contributed by atoms with Gasteiger partial charge in [0.05, 0.1) is 0 Å². The van der Waals surface area contributed by atoms with Crippen LogP contribution in [0.1, 0.15) is 0 Å². The van der Waals surface area contributed by atoms with E-state index in [2.05, 4.69) is 39.3 Å². The maximum Gasteiger partial charge on any atom is 0.0186 e. The first-order valence-electron chi connectivity index (χ1n) is 4.43. The van der Waals surface area contributed by atoms with Gasteiger partial charge in [-0.25, -0.2) is 0 Å². The first-order chi connectivity index (χ1) is 5.19. The van der Waals surface area contributed by atoms with Crippen LogP contribution in [-0.4, -0.2) is 28.2 Å². The Morgan fingerprint density at radius 3 is 1.33 bits per heavy atom. The van der Waals surface area contributed by atoms with E-state index in [0.29, 0.717) is 0 Å². The van der Waals surface area contributed by atoms with E-state index in [-0.39, 0.29) is 0 Å². The highest BCUT2D eigenvalue weighted by Crippen LogP contribution is 2.35. The maximum atomic E-state index is 5.30. The van der Waals surface area contributed by atoms with E-state index in [4.69, 9.17) is 4.52 Å². The van der Waals surface area contributed by atoms with Gasteiger partial charge in [-0.1, -0.05) is 39.3 Å².